The second kappa shape index (κ2) is 12.3. The fourth-order valence-corrected chi connectivity index (χ4v) is 5.16. The number of anilines is 1. The van der Waals surface area contributed by atoms with Crippen LogP contribution in [-0.2, 0) is 13.0 Å². The molecular formula is C30H34FN5O2. The maximum atomic E-state index is 13.3. The van der Waals surface area contributed by atoms with Crippen LogP contribution in [0, 0.1) is 5.82 Å². The topological polar surface area (TPSA) is 60.0 Å². The monoisotopic (exact) mass is 515 g/mol. The van der Waals surface area contributed by atoms with Crippen LogP contribution in [0.2, 0.25) is 0 Å². The number of nitrogens with zero attached hydrogens (tertiary/aromatic N) is 5. The van der Waals surface area contributed by atoms with Gasteiger partial charge in [0.05, 0.1) is 5.56 Å². The molecule has 2 aromatic carbocycles. The molecule has 0 radical (unpaired) electrons. The van der Waals surface area contributed by atoms with E-state index in [0.717, 1.165) is 57.5 Å². The SMILES string of the molecule is O=Cc1ccc(C(=O)N2CCN(CCc3ccccc3)CC2)nc1N1CCN(Cc2ccc(F)cc2)CC1. The van der Waals surface area contributed by atoms with Gasteiger partial charge < -0.3 is 9.80 Å². The van der Waals surface area contributed by atoms with Crippen molar-refractivity contribution in [2.75, 3.05) is 63.8 Å². The molecule has 8 heteroatoms. The lowest BCUT2D eigenvalue weighted by molar-refractivity contribution is 0.0632. The number of hydrogen-bond acceptors (Lipinski definition) is 6. The van der Waals surface area contributed by atoms with Crippen LogP contribution in [0.4, 0.5) is 10.2 Å². The van der Waals surface area contributed by atoms with Crippen LogP contribution in [-0.4, -0.2) is 90.8 Å². The van der Waals surface area contributed by atoms with Gasteiger partial charge in [0.2, 0.25) is 0 Å². The quantitative estimate of drug-likeness (QED) is 0.429. The minimum absolute atomic E-state index is 0.0821. The first-order valence-corrected chi connectivity index (χ1v) is 13.3. The molecule has 2 aliphatic rings. The van der Waals surface area contributed by atoms with Crippen LogP contribution in [0.5, 0.6) is 0 Å². The Morgan fingerprint density at radius 1 is 0.789 bits per heavy atom. The van der Waals surface area contributed by atoms with E-state index in [-0.39, 0.29) is 11.7 Å². The van der Waals surface area contributed by atoms with Crippen molar-refractivity contribution < 1.29 is 14.0 Å². The highest BCUT2D eigenvalue weighted by atomic mass is 19.1. The first kappa shape index (κ1) is 26.0. The number of hydrogen-bond donors (Lipinski definition) is 0. The number of pyridine rings is 1. The molecule has 0 saturated carbocycles. The molecule has 7 nitrogen and oxygen atoms in total. The predicted molar refractivity (Wildman–Crippen MR) is 146 cm³/mol. The Balaban J connectivity index is 1.16. The Morgan fingerprint density at radius 2 is 1.47 bits per heavy atom. The van der Waals surface area contributed by atoms with Crippen molar-refractivity contribution in [3.63, 3.8) is 0 Å². The zero-order valence-corrected chi connectivity index (χ0v) is 21.6. The molecule has 3 aromatic rings. The summed E-state index contributed by atoms with van der Waals surface area (Å²) in [4.78, 5) is 38.4. The van der Waals surface area contributed by atoms with Gasteiger partial charge in [-0.15, -0.1) is 0 Å². The van der Waals surface area contributed by atoms with E-state index in [1.165, 1.54) is 17.7 Å². The molecule has 0 spiro atoms. The molecule has 1 aromatic heterocycles. The van der Waals surface area contributed by atoms with Gasteiger partial charge in [-0.2, -0.15) is 0 Å². The smallest absolute Gasteiger partial charge is 0.272 e. The molecule has 2 fully saturated rings. The van der Waals surface area contributed by atoms with Gasteiger partial charge in [-0.1, -0.05) is 42.5 Å². The number of aromatic nitrogens is 1. The molecule has 0 bridgehead atoms. The van der Waals surface area contributed by atoms with Crippen LogP contribution in [0.15, 0.2) is 66.7 Å². The van der Waals surface area contributed by atoms with Crippen molar-refractivity contribution in [3.8, 4) is 0 Å². The summed E-state index contributed by atoms with van der Waals surface area (Å²) in [6.07, 6.45) is 1.82. The molecule has 0 aliphatic carbocycles. The van der Waals surface area contributed by atoms with Crippen LogP contribution in [0.25, 0.3) is 0 Å². The first-order chi connectivity index (χ1) is 18.6. The lowest BCUT2D eigenvalue weighted by Gasteiger charge is -2.36. The third-order valence-corrected chi connectivity index (χ3v) is 7.46. The highest BCUT2D eigenvalue weighted by molar-refractivity contribution is 5.94. The maximum absolute atomic E-state index is 13.3. The van der Waals surface area contributed by atoms with Crippen molar-refractivity contribution in [1.82, 2.24) is 19.7 Å². The molecule has 38 heavy (non-hydrogen) atoms. The molecule has 0 atom stereocenters. The summed E-state index contributed by atoms with van der Waals surface area (Å²) in [6.45, 7) is 7.74. The summed E-state index contributed by atoms with van der Waals surface area (Å²) in [5.74, 6) is 0.264. The molecule has 3 heterocycles. The third kappa shape index (κ3) is 6.44. The van der Waals surface area contributed by atoms with Gasteiger partial charge in [0.1, 0.15) is 17.3 Å². The highest BCUT2D eigenvalue weighted by Crippen LogP contribution is 2.21. The van der Waals surface area contributed by atoms with Gasteiger partial charge in [0.15, 0.2) is 6.29 Å². The largest absolute Gasteiger partial charge is 0.353 e. The molecule has 0 unspecified atom stereocenters. The second-order valence-corrected chi connectivity index (χ2v) is 9.99. The summed E-state index contributed by atoms with van der Waals surface area (Å²) in [6, 6.07) is 20.4. The second-order valence-electron chi connectivity index (χ2n) is 9.99. The summed E-state index contributed by atoms with van der Waals surface area (Å²) in [5.41, 5.74) is 3.28. The van der Waals surface area contributed by atoms with E-state index in [1.807, 2.05) is 23.1 Å². The van der Waals surface area contributed by atoms with E-state index in [0.29, 0.717) is 43.3 Å². The molecule has 2 saturated heterocycles. The van der Waals surface area contributed by atoms with Gasteiger partial charge in [-0.3, -0.25) is 19.4 Å². The predicted octanol–water partition coefficient (Wildman–Crippen LogP) is 3.36. The van der Waals surface area contributed by atoms with Gasteiger partial charge in [-0.25, -0.2) is 9.37 Å². The zero-order chi connectivity index (χ0) is 26.3. The summed E-state index contributed by atoms with van der Waals surface area (Å²) in [5, 5.41) is 0. The Morgan fingerprint density at radius 3 is 2.16 bits per heavy atom. The fourth-order valence-electron chi connectivity index (χ4n) is 5.16. The van der Waals surface area contributed by atoms with Crippen molar-refractivity contribution >= 4 is 18.0 Å². The Kier molecular flexibility index (Phi) is 8.41. The van der Waals surface area contributed by atoms with Crippen LogP contribution < -0.4 is 4.90 Å². The van der Waals surface area contributed by atoms with Crippen LogP contribution >= 0.6 is 0 Å². The highest BCUT2D eigenvalue weighted by Gasteiger charge is 2.26. The molecule has 198 valence electrons. The summed E-state index contributed by atoms with van der Waals surface area (Å²) < 4.78 is 13.2. The van der Waals surface area contributed by atoms with E-state index in [4.69, 9.17) is 0 Å². The van der Waals surface area contributed by atoms with Crippen molar-refractivity contribution in [1.29, 1.82) is 0 Å². The minimum atomic E-state index is -0.231. The maximum Gasteiger partial charge on any atom is 0.272 e. The number of halogens is 1. The molecule has 5 rings (SSSR count). The van der Waals surface area contributed by atoms with Gasteiger partial charge in [0, 0.05) is 65.4 Å². The number of carbonyl (C=O) groups excluding carboxylic acids is 2. The van der Waals surface area contributed by atoms with Gasteiger partial charge in [0.25, 0.3) is 5.91 Å². The van der Waals surface area contributed by atoms with Crippen molar-refractivity contribution in [3.05, 3.63) is 94.9 Å². The lowest BCUT2D eigenvalue weighted by Crippen LogP contribution is -2.49. The van der Waals surface area contributed by atoms with E-state index in [1.54, 1.807) is 12.1 Å². The van der Waals surface area contributed by atoms with E-state index >= 15 is 0 Å². The normalized spacial score (nSPS) is 17.0. The number of piperazine rings is 2. The van der Waals surface area contributed by atoms with Crippen LogP contribution in [0.3, 0.4) is 0 Å². The molecule has 2 aliphatic heterocycles. The van der Waals surface area contributed by atoms with E-state index in [9.17, 15) is 14.0 Å². The standard InChI is InChI=1S/C30H34FN5O2/c31-27-9-6-25(7-10-27)22-34-16-18-35(19-17-34)29-26(23-37)8-11-28(32-29)30(38)36-20-14-33(15-21-36)13-12-24-4-2-1-3-5-24/h1-11,23H,12-22H2. The van der Waals surface area contributed by atoms with Crippen LogP contribution in [0.1, 0.15) is 32.0 Å². The first-order valence-electron chi connectivity index (χ1n) is 13.3. The molecule has 1 amide bonds. The minimum Gasteiger partial charge on any atom is -0.353 e. The molecular weight excluding hydrogens is 481 g/mol. The lowest BCUT2D eigenvalue weighted by atomic mass is 10.1. The van der Waals surface area contributed by atoms with Gasteiger partial charge in [-0.05, 0) is 41.8 Å². The average Bonchev–Trinajstić information content (AvgIpc) is 2.98. The third-order valence-electron chi connectivity index (χ3n) is 7.46. The molecule has 0 N–H and O–H groups in total. The number of carbonyl (C=O) groups is 2. The number of benzene rings is 2. The van der Waals surface area contributed by atoms with E-state index in [2.05, 4.69) is 43.9 Å². The van der Waals surface area contributed by atoms with Crippen molar-refractivity contribution in [2.24, 2.45) is 0 Å². The number of aldehydes is 1. The number of amides is 1. The number of rotatable bonds is 8. The Labute approximate surface area is 223 Å². The Bertz CT molecular complexity index is 1220. The summed E-state index contributed by atoms with van der Waals surface area (Å²) in [7, 11) is 0. The van der Waals surface area contributed by atoms with Gasteiger partial charge >= 0.3 is 0 Å². The van der Waals surface area contributed by atoms with Crippen molar-refractivity contribution in [2.45, 2.75) is 13.0 Å². The zero-order valence-electron chi connectivity index (χ0n) is 21.6. The van der Waals surface area contributed by atoms with E-state index < -0.39 is 0 Å². The fraction of sp³-hybridized carbons (Fsp3) is 0.367. The Hall–Kier alpha value is -3.62. The average molecular weight is 516 g/mol. The summed E-state index contributed by atoms with van der Waals surface area (Å²) >= 11 is 0.